The van der Waals surface area contributed by atoms with Gasteiger partial charge in [0.2, 0.25) is 0 Å². The number of hydrogen-bond acceptors (Lipinski definition) is 2. The van der Waals surface area contributed by atoms with Crippen LogP contribution in [0.3, 0.4) is 0 Å². The van der Waals surface area contributed by atoms with Gasteiger partial charge in [0.1, 0.15) is 6.26 Å². The highest BCUT2D eigenvalue weighted by molar-refractivity contribution is 7.71. The number of rotatable bonds is 1. The van der Waals surface area contributed by atoms with Crippen molar-refractivity contribution in [2.45, 2.75) is 6.92 Å². The highest BCUT2D eigenvalue weighted by Crippen LogP contribution is 2.17. The van der Waals surface area contributed by atoms with Gasteiger partial charge < -0.3 is 9.40 Å². The third-order valence-electron chi connectivity index (χ3n) is 1.88. The minimum atomic E-state index is 0.413. The van der Waals surface area contributed by atoms with E-state index in [1.54, 1.807) is 6.26 Å². The molecule has 0 aliphatic rings. The van der Waals surface area contributed by atoms with Crippen LogP contribution >= 0.6 is 12.2 Å². The maximum atomic E-state index is 5.01. The smallest absolute Gasteiger partial charge is 0.266 e. The van der Waals surface area contributed by atoms with Crippen LogP contribution in [0.2, 0.25) is 0 Å². The molecule has 13 heavy (non-hydrogen) atoms. The number of aromatic nitrogens is 1. The molecule has 0 saturated carbocycles. The molecule has 0 atom stereocenters. The lowest BCUT2D eigenvalue weighted by Gasteiger charge is -1.96. The van der Waals surface area contributed by atoms with Gasteiger partial charge in [0.05, 0.1) is 5.69 Å². The molecule has 2 nitrogen and oxygen atoms in total. The van der Waals surface area contributed by atoms with Gasteiger partial charge in [-0.05, 0) is 19.1 Å². The van der Waals surface area contributed by atoms with Crippen LogP contribution < -0.4 is 0 Å². The Morgan fingerprint density at radius 2 is 1.92 bits per heavy atom. The Labute approximate surface area is 81.2 Å². The molecule has 0 aliphatic heterocycles. The summed E-state index contributed by atoms with van der Waals surface area (Å²) in [6.07, 6.45) is 1.63. The van der Waals surface area contributed by atoms with Gasteiger partial charge in [0.25, 0.3) is 4.84 Å². The molecule has 0 bridgehead atoms. The predicted molar refractivity (Wildman–Crippen MR) is 54.1 cm³/mol. The number of oxazole rings is 1. The van der Waals surface area contributed by atoms with Crippen LogP contribution in [0, 0.1) is 11.8 Å². The molecule has 3 heteroatoms. The standard InChI is InChI=1S/C10H9NOS/c1-7-2-4-8(5-3-7)9-6-12-10(13)11-9/h2-6H,1H3,(H,11,13). The highest BCUT2D eigenvalue weighted by atomic mass is 32.1. The zero-order valence-corrected chi connectivity index (χ0v) is 8.02. The van der Waals surface area contributed by atoms with Crippen LogP contribution in [0.25, 0.3) is 11.3 Å². The van der Waals surface area contributed by atoms with Gasteiger partial charge in [-0.2, -0.15) is 0 Å². The normalized spacial score (nSPS) is 10.2. The Morgan fingerprint density at radius 3 is 2.46 bits per heavy atom. The summed E-state index contributed by atoms with van der Waals surface area (Å²) in [5, 5.41) is 0. The SMILES string of the molecule is Cc1ccc(-c2coc(=S)[nH]2)cc1. The molecular formula is C10H9NOS. The summed E-state index contributed by atoms with van der Waals surface area (Å²) in [6, 6.07) is 8.18. The van der Waals surface area contributed by atoms with Crippen molar-refractivity contribution in [2.75, 3.05) is 0 Å². The van der Waals surface area contributed by atoms with Crippen molar-refractivity contribution >= 4 is 12.2 Å². The second-order valence-corrected chi connectivity index (χ2v) is 3.30. The Kier molecular flexibility index (Phi) is 2.02. The number of hydrogen-bond donors (Lipinski definition) is 1. The summed E-state index contributed by atoms with van der Waals surface area (Å²) in [4.78, 5) is 3.37. The van der Waals surface area contributed by atoms with Crippen LogP contribution in [0.4, 0.5) is 0 Å². The third kappa shape index (κ3) is 1.70. The molecule has 2 rings (SSSR count). The Bertz CT molecular complexity index is 452. The van der Waals surface area contributed by atoms with E-state index in [9.17, 15) is 0 Å². The molecule has 66 valence electrons. The van der Waals surface area contributed by atoms with Gasteiger partial charge in [0.15, 0.2) is 0 Å². The zero-order valence-electron chi connectivity index (χ0n) is 7.20. The van der Waals surface area contributed by atoms with Crippen LogP contribution in [0.1, 0.15) is 5.56 Å². The van der Waals surface area contributed by atoms with Crippen molar-refractivity contribution in [1.29, 1.82) is 0 Å². The number of H-pyrrole nitrogens is 1. The minimum Gasteiger partial charge on any atom is -0.437 e. The van der Waals surface area contributed by atoms with Crippen molar-refractivity contribution in [2.24, 2.45) is 0 Å². The van der Waals surface area contributed by atoms with E-state index in [0.29, 0.717) is 4.84 Å². The Morgan fingerprint density at radius 1 is 1.23 bits per heavy atom. The fourth-order valence-corrected chi connectivity index (χ4v) is 1.31. The summed E-state index contributed by atoms with van der Waals surface area (Å²) in [6.45, 7) is 2.06. The van der Waals surface area contributed by atoms with Gasteiger partial charge in [-0.1, -0.05) is 29.8 Å². The molecule has 0 amide bonds. The quantitative estimate of drug-likeness (QED) is 0.700. The fraction of sp³-hybridized carbons (Fsp3) is 0.100. The first-order valence-electron chi connectivity index (χ1n) is 4.00. The second kappa shape index (κ2) is 3.18. The number of benzene rings is 1. The minimum absolute atomic E-state index is 0.413. The maximum absolute atomic E-state index is 5.01. The molecule has 2 aromatic rings. The van der Waals surface area contributed by atoms with Crippen molar-refractivity contribution in [1.82, 2.24) is 4.98 Å². The summed E-state index contributed by atoms with van der Waals surface area (Å²) in [5.41, 5.74) is 3.25. The van der Waals surface area contributed by atoms with E-state index >= 15 is 0 Å². The Hall–Kier alpha value is -1.35. The molecule has 0 saturated heterocycles. The first-order valence-corrected chi connectivity index (χ1v) is 4.41. The third-order valence-corrected chi connectivity index (χ3v) is 2.08. The van der Waals surface area contributed by atoms with Gasteiger partial charge >= 0.3 is 0 Å². The molecule has 0 spiro atoms. The van der Waals surface area contributed by atoms with Gasteiger partial charge in [-0.3, -0.25) is 0 Å². The average Bonchev–Trinajstić information content (AvgIpc) is 2.53. The van der Waals surface area contributed by atoms with Crippen molar-refractivity contribution in [3.63, 3.8) is 0 Å². The number of aryl methyl sites for hydroxylation is 1. The highest BCUT2D eigenvalue weighted by Gasteiger charge is 1.98. The first kappa shape index (κ1) is 8.26. The van der Waals surface area contributed by atoms with E-state index in [4.69, 9.17) is 16.6 Å². The van der Waals surface area contributed by atoms with Gasteiger partial charge in [-0.15, -0.1) is 0 Å². The molecule has 0 radical (unpaired) electrons. The zero-order chi connectivity index (χ0) is 9.26. The van der Waals surface area contributed by atoms with E-state index in [2.05, 4.69) is 24.0 Å². The van der Waals surface area contributed by atoms with E-state index in [0.717, 1.165) is 11.3 Å². The summed E-state index contributed by atoms with van der Waals surface area (Å²) >= 11 is 4.84. The lowest BCUT2D eigenvalue weighted by molar-refractivity contribution is 0.541. The lowest BCUT2D eigenvalue weighted by atomic mass is 10.1. The first-order chi connectivity index (χ1) is 6.25. The Balaban J connectivity index is 2.47. The van der Waals surface area contributed by atoms with E-state index in [1.807, 2.05) is 12.1 Å². The van der Waals surface area contributed by atoms with Crippen molar-refractivity contribution in [3.05, 3.63) is 40.9 Å². The molecule has 1 aromatic carbocycles. The van der Waals surface area contributed by atoms with E-state index in [1.165, 1.54) is 5.56 Å². The molecule has 0 fully saturated rings. The summed E-state index contributed by atoms with van der Waals surface area (Å²) < 4.78 is 5.01. The fourth-order valence-electron chi connectivity index (χ4n) is 1.15. The summed E-state index contributed by atoms with van der Waals surface area (Å²) in [5.74, 6) is 0. The van der Waals surface area contributed by atoms with Gasteiger partial charge in [-0.25, -0.2) is 0 Å². The van der Waals surface area contributed by atoms with Crippen LogP contribution in [-0.2, 0) is 0 Å². The topological polar surface area (TPSA) is 28.9 Å². The molecule has 1 aromatic heterocycles. The van der Waals surface area contributed by atoms with E-state index in [-0.39, 0.29) is 0 Å². The molecule has 0 aliphatic carbocycles. The average molecular weight is 191 g/mol. The van der Waals surface area contributed by atoms with Crippen LogP contribution in [0.5, 0.6) is 0 Å². The number of nitrogens with one attached hydrogen (secondary N) is 1. The van der Waals surface area contributed by atoms with Gasteiger partial charge in [0, 0.05) is 5.56 Å². The van der Waals surface area contributed by atoms with Crippen molar-refractivity contribution < 1.29 is 4.42 Å². The molecule has 1 N–H and O–H groups in total. The van der Waals surface area contributed by atoms with Crippen molar-refractivity contribution in [3.8, 4) is 11.3 Å². The molecule has 0 unspecified atom stereocenters. The molecular weight excluding hydrogens is 182 g/mol. The summed E-state index contributed by atoms with van der Waals surface area (Å²) in [7, 11) is 0. The largest absolute Gasteiger partial charge is 0.437 e. The monoisotopic (exact) mass is 191 g/mol. The van der Waals surface area contributed by atoms with Crippen LogP contribution in [-0.4, -0.2) is 4.98 Å². The molecule has 1 heterocycles. The predicted octanol–water partition coefficient (Wildman–Crippen LogP) is 3.31. The van der Waals surface area contributed by atoms with Crippen LogP contribution in [0.15, 0.2) is 34.9 Å². The maximum Gasteiger partial charge on any atom is 0.266 e. The lowest BCUT2D eigenvalue weighted by Crippen LogP contribution is -1.77. The number of aromatic amines is 1. The second-order valence-electron chi connectivity index (χ2n) is 2.93. The van der Waals surface area contributed by atoms with E-state index < -0.39 is 0 Å².